The lowest BCUT2D eigenvalue weighted by Gasteiger charge is -2.26. The van der Waals surface area contributed by atoms with Crippen molar-refractivity contribution in [3.63, 3.8) is 0 Å². The number of nitrogens with one attached hydrogen (secondary N) is 1. The van der Waals surface area contributed by atoms with Gasteiger partial charge in [0.05, 0.1) is 5.02 Å². The second kappa shape index (κ2) is 7.16. The van der Waals surface area contributed by atoms with Crippen LogP contribution in [0.15, 0.2) is 18.2 Å². The largest absolute Gasteiger partial charge is 0.506 e. The molecule has 0 heterocycles. The minimum Gasteiger partial charge on any atom is -0.506 e. The highest BCUT2D eigenvalue weighted by molar-refractivity contribution is 6.32. The number of rotatable bonds is 5. The van der Waals surface area contributed by atoms with E-state index in [1.807, 2.05) is 12.1 Å². The zero-order valence-corrected chi connectivity index (χ0v) is 12.4. The lowest BCUT2D eigenvalue weighted by molar-refractivity contribution is 0.275. The number of aromatic hydroxyl groups is 1. The maximum atomic E-state index is 9.80. The summed E-state index contributed by atoms with van der Waals surface area (Å²) in [4.78, 5) is 0. The lowest BCUT2D eigenvalue weighted by atomic mass is 9.81. The molecule has 0 radical (unpaired) electrons. The van der Waals surface area contributed by atoms with Gasteiger partial charge in [-0.25, -0.2) is 0 Å². The first kappa shape index (κ1) is 14.7. The fourth-order valence-electron chi connectivity index (χ4n) is 2.85. The van der Waals surface area contributed by atoms with E-state index in [4.69, 9.17) is 11.6 Å². The Labute approximate surface area is 121 Å². The zero-order valence-electron chi connectivity index (χ0n) is 11.7. The molecule has 0 aliphatic heterocycles. The van der Waals surface area contributed by atoms with Crippen LogP contribution in [0, 0.1) is 11.8 Å². The maximum absolute atomic E-state index is 9.80. The van der Waals surface area contributed by atoms with E-state index < -0.39 is 0 Å². The summed E-state index contributed by atoms with van der Waals surface area (Å²) in [7, 11) is 0. The molecule has 0 spiro atoms. The molecule has 1 aliphatic carbocycles. The molecule has 1 aliphatic rings. The molecule has 1 saturated carbocycles. The highest BCUT2D eigenvalue weighted by atomic mass is 35.5. The van der Waals surface area contributed by atoms with E-state index in [1.54, 1.807) is 6.07 Å². The summed E-state index contributed by atoms with van der Waals surface area (Å²) in [6, 6.07) is 5.50. The Morgan fingerprint density at radius 3 is 2.74 bits per heavy atom. The second-order valence-electron chi connectivity index (χ2n) is 5.84. The highest BCUT2D eigenvalue weighted by Gasteiger charge is 2.17. The van der Waals surface area contributed by atoms with Crippen molar-refractivity contribution in [3.05, 3.63) is 28.8 Å². The van der Waals surface area contributed by atoms with E-state index in [0.717, 1.165) is 23.9 Å². The Hall–Kier alpha value is -0.730. The molecule has 0 bridgehead atoms. The molecule has 2 rings (SSSR count). The third kappa shape index (κ3) is 4.39. The summed E-state index contributed by atoms with van der Waals surface area (Å²) in [5, 5.41) is 13.6. The zero-order chi connectivity index (χ0) is 13.7. The van der Waals surface area contributed by atoms with Crippen molar-refractivity contribution in [2.45, 2.75) is 45.6 Å². The highest BCUT2D eigenvalue weighted by Crippen LogP contribution is 2.30. The van der Waals surface area contributed by atoms with Gasteiger partial charge in [0.2, 0.25) is 0 Å². The van der Waals surface area contributed by atoms with E-state index >= 15 is 0 Å². The van der Waals surface area contributed by atoms with Crippen molar-refractivity contribution in [2.75, 3.05) is 6.54 Å². The summed E-state index contributed by atoms with van der Waals surface area (Å²) in [5.41, 5.74) is 0.879. The summed E-state index contributed by atoms with van der Waals surface area (Å²) >= 11 is 5.88. The van der Waals surface area contributed by atoms with Gasteiger partial charge in [-0.15, -0.1) is 0 Å². The molecule has 0 aromatic heterocycles. The van der Waals surface area contributed by atoms with Crippen LogP contribution >= 0.6 is 11.6 Å². The molecular weight excluding hydrogens is 258 g/mol. The number of hydrogen-bond acceptors (Lipinski definition) is 2. The Kier molecular flexibility index (Phi) is 5.53. The number of para-hydroxylation sites is 1. The molecule has 0 atom stereocenters. The van der Waals surface area contributed by atoms with Gasteiger partial charge in [-0.1, -0.05) is 56.3 Å². The van der Waals surface area contributed by atoms with Gasteiger partial charge in [0, 0.05) is 12.1 Å². The van der Waals surface area contributed by atoms with Gasteiger partial charge in [-0.2, -0.15) is 0 Å². The van der Waals surface area contributed by atoms with E-state index in [9.17, 15) is 5.11 Å². The van der Waals surface area contributed by atoms with Gasteiger partial charge < -0.3 is 10.4 Å². The monoisotopic (exact) mass is 281 g/mol. The average Bonchev–Trinajstić information content (AvgIpc) is 2.41. The summed E-state index contributed by atoms with van der Waals surface area (Å²) < 4.78 is 0. The Bertz CT molecular complexity index is 400. The third-order valence-electron chi connectivity index (χ3n) is 4.25. The van der Waals surface area contributed by atoms with Crippen LogP contribution in [-0.4, -0.2) is 11.7 Å². The van der Waals surface area contributed by atoms with Crippen LogP contribution in [0.3, 0.4) is 0 Å². The van der Waals surface area contributed by atoms with Crippen molar-refractivity contribution in [1.29, 1.82) is 0 Å². The number of phenolic OH excluding ortho intramolecular Hbond substituents is 1. The molecular formula is C16H24ClNO. The summed E-state index contributed by atoms with van der Waals surface area (Å²) in [6.45, 7) is 4.07. The molecule has 106 valence electrons. The minimum absolute atomic E-state index is 0.211. The first-order chi connectivity index (χ1) is 9.16. The topological polar surface area (TPSA) is 32.3 Å². The van der Waals surface area contributed by atoms with Crippen LogP contribution in [0.1, 0.15) is 44.6 Å². The predicted molar refractivity (Wildman–Crippen MR) is 80.6 cm³/mol. The fraction of sp³-hybridized carbons (Fsp3) is 0.625. The normalized spacial score (nSPS) is 23.5. The molecule has 1 fully saturated rings. The van der Waals surface area contributed by atoms with E-state index in [0.29, 0.717) is 11.6 Å². The van der Waals surface area contributed by atoms with Crippen LogP contribution in [0.5, 0.6) is 5.75 Å². The molecule has 1 aromatic carbocycles. The predicted octanol–water partition coefficient (Wildman–Crippen LogP) is 4.35. The van der Waals surface area contributed by atoms with Crippen LogP contribution in [0.2, 0.25) is 5.02 Å². The molecule has 3 heteroatoms. The number of phenols is 1. The summed E-state index contributed by atoms with van der Waals surface area (Å²) in [6.07, 6.45) is 6.78. The number of benzene rings is 1. The van der Waals surface area contributed by atoms with Crippen molar-refractivity contribution >= 4 is 11.6 Å². The van der Waals surface area contributed by atoms with Crippen LogP contribution < -0.4 is 5.32 Å². The molecule has 0 saturated heterocycles. The van der Waals surface area contributed by atoms with Crippen LogP contribution in [0.4, 0.5) is 0 Å². The first-order valence-corrected chi connectivity index (χ1v) is 7.71. The molecule has 19 heavy (non-hydrogen) atoms. The van der Waals surface area contributed by atoms with Crippen LogP contribution in [-0.2, 0) is 6.54 Å². The van der Waals surface area contributed by atoms with Gasteiger partial charge in [0.15, 0.2) is 0 Å². The number of halogens is 1. The van der Waals surface area contributed by atoms with Crippen molar-refractivity contribution in [2.24, 2.45) is 11.8 Å². The van der Waals surface area contributed by atoms with Gasteiger partial charge in [0.1, 0.15) is 5.75 Å². The maximum Gasteiger partial charge on any atom is 0.138 e. The Morgan fingerprint density at radius 2 is 2.00 bits per heavy atom. The quantitative estimate of drug-likeness (QED) is 0.787. The van der Waals surface area contributed by atoms with Gasteiger partial charge in [-0.05, 0) is 30.9 Å². The average molecular weight is 282 g/mol. The smallest absolute Gasteiger partial charge is 0.138 e. The Balaban J connectivity index is 1.68. The lowest BCUT2D eigenvalue weighted by Crippen LogP contribution is -2.20. The van der Waals surface area contributed by atoms with E-state index in [2.05, 4.69) is 12.2 Å². The van der Waals surface area contributed by atoms with Crippen molar-refractivity contribution in [3.8, 4) is 5.75 Å². The molecule has 2 nitrogen and oxygen atoms in total. The van der Waals surface area contributed by atoms with Gasteiger partial charge >= 0.3 is 0 Å². The second-order valence-corrected chi connectivity index (χ2v) is 6.25. The van der Waals surface area contributed by atoms with E-state index in [-0.39, 0.29) is 5.75 Å². The molecule has 0 amide bonds. The standard InChI is InChI=1S/C16H24ClNO/c1-12-5-7-13(8-6-12)9-10-18-11-14-3-2-4-15(17)16(14)19/h2-4,12-13,18-19H,5-11H2,1H3. The molecule has 1 aromatic rings. The molecule has 0 unspecified atom stereocenters. The third-order valence-corrected chi connectivity index (χ3v) is 4.56. The fourth-order valence-corrected chi connectivity index (χ4v) is 3.04. The first-order valence-electron chi connectivity index (χ1n) is 7.34. The van der Waals surface area contributed by atoms with Crippen molar-refractivity contribution < 1.29 is 5.11 Å². The van der Waals surface area contributed by atoms with E-state index in [1.165, 1.54) is 32.1 Å². The van der Waals surface area contributed by atoms with Crippen LogP contribution in [0.25, 0.3) is 0 Å². The van der Waals surface area contributed by atoms with Gasteiger partial charge in [-0.3, -0.25) is 0 Å². The SMILES string of the molecule is CC1CCC(CCNCc2cccc(Cl)c2O)CC1. The number of hydrogen-bond donors (Lipinski definition) is 2. The van der Waals surface area contributed by atoms with Gasteiger partial charge in [0.25, 0.3) is 0 Å². The molecule has 2 N–H and O–H groups in total. The summed E-state index contributed by atoms with van der Waals surface area (Å²) in [5.74, 6) is 2.02. The van der Waals surface area contributed by atoms with Crippen molar-refractivity contribution in [1.82, 2.24) is 5.32 Å². The minimum atomic E-state index is 0.211. The Morgan fingerprint density at radius 1 is 1.26 bits per heavy atom.